The maximum Gasteiger partial charge on any atom is 0.239 e. The summed E-state index contributed by atoms with van der Waals surface area (Å²) in [7, 11) is 1.57. The standard InChI is InChI=1S/C17H20N2O3/c1-22-15-9-5-6-13(10-15)16(20)11-19-17(21)12-18-14-7-3-2-4-8-14/h2-10,16,18,20H,11-12H2,1H3,(H,19,21). The summed E-state index contributed by atoms with van der Waals surface area (Å²) in [6.07, 6.45) is -0.768. The van der Waals surface area contributed by atoms with E-state index in [-0.39, 0.29) is 19.0 Å². The molecule has 0 aliphatic heterocycles. The maximum absolute atomic E-state index is 11.8. The molecule has 0 aliphatic rings. The molecule has 0 saturated heterocycles. The van der Waals surface area contributed by atoms with Crippen LogP contribution in [0.1, 0.15) is 11.7 Å². The van der Waals surface area contributed by atoms with Crippen LogP contribution < -0.4 is 15.4 Å². The second kappa shape index (κ2) is 8.05. The van der Waals surface area contributed by atoms with Crippen LogP contribution in [-0.4, -0.2) is 31.2 Å². The van der Waals surface area contributed by atoms with Gasteiger partial charge in [0, 0.05) is 12.2 Å². The van der Waals surface area contributed by atoms with Gasteiger partial charge in [-0.25, -0.2) is 0 Å². The van der Waals surface area contributed by atoms with Crippen LogP contribution in [0.2, 0.25) is 0 Å². The van der Waals surface area contributed by atoms with Crippen LogP contribution in [0.5, 0.6) is 5.75 Å². The average Bonchev–Trinajstić information content (AvgIpc) is 2.58. The van der Waals surface area contributed by atoms with Gasteiger partial charge in [-0.05, 0) is 29.8 Å². The van der Waals surface area contributed by atoms with E-state index in [0.717, 1.165) is 5.69 Å². The number of anilines is 1. The molecule has 2 rings (SSSR count). The molecule has 116 valence electrons. The molecule has 0 aromatic heterocycles. The molecule has 0 radical (unpaired) electrons. The van der Waals surface area contributed by atoms with Crippen molar-refractivity contribution >= 4 is 11.6 Å². The minimum atomic E-state index is -0.768. The molecule has 5 heteroatoms. The van der Waals surface area contributed by atoms with Crippen molar-refractivity contribution in [1.29, 1.82) is 0 Å². The van der Waals surface area contributed by atoms with Crippen LogP contribution in [0.3, 0.4) is 0 Å². The van der Waals surface area contributed by atoms with Crippen molar-refractivity contribution in [3.63, 3.8) is 0 Å². The van der Waals surface area contributed by atoms with Gasteiger partial charge in [0.2, 0.25) is 5.91 Å². The number of hydrogen-bond donors (Lipinski definition) is 3. The molecule has 0 fully saturated rings. The summed E-state index contributed by atoms with van der Waals surface area (Å²) < 4.78 is 5.11. The number of carbonyl (C=O) groups excluding carboxylic acids is 1. The number of para-hydroxylation sites is 1. The molecule has 0 saturated carbocycles. The van der Waals surface area contributed by atoms with E-state index in [0.29, 0.717) is 11.3 Å². The molecule has 0 aliphatic carbocycles. The van der Waals surface area contributed by atoms with E-state index in [9.17, 15) is 9.90 Å². The lowest BCUT2D eigenvalue weighted by Crippen LogP contribution is -2.33. The fourth-order valence-corrected chi connectivity index (χ4v) is 1.98. The van der Waals surface area contributed by atoms with E-state index in [1.165, 1.54) is 0 Å². The summed E-state index contributed by atoms with van der Waals surface area (Å²) in [6, 6.07) is 16.6. The van der Waals surface area contributed by atoms with Crippen LogP contribution in [0.4, 0.5) is 5.69 Å². The Balaban J connectivity index is 1.77. The van der Waals surface area contributed by atoms with Gasteiger partial charge in [0.05, 0.1) is 19.8 Å². The van der Waals surface area contributed by atoms with E-state index in [1.54, 1.807) is 31.4 Å². The van der Waals surface area contributed by atoms with Gasteiger partial charge in [-0.15, -0.1) is 0 Å². The van der Waals surface area contributed by atoms with Crippen molar-refractivity contribution in [3.8, 4) is 5.75 Å². The van der Waals surface area contributed by atoms with E-state index in [4.69, 9.17) is 4.74 Å². The first-order chi connectivity index (χ1) is 10.7. The van der Waals surface area contributed by atoms with Crippen molar-refractivity contribution < 1.29 is 14.6 Å². The van der Waals surface area contributed by atoms with E-state index in [2.05, 4.69) is 10.6 Å². The smallest absolute Gasteiger partial charge is 0.239 e. The third kappa shape index (κ3) is 4.79. The Morgan fingerprint density at radius 2 is 1.95 bits per heavy atom. The predicted octanol–water partition coefficient (Wildman–Crippen LogP) is 1.96. The summed E-state index contributed by atoms with van der Waals surface area (Å²) in [5, 5.41) is 15.8. The molecule has 2 aromatic rings. The van der Waals surface area contributed by atoms with Crippen molar-refractivity contribution in [1.82, 2.24) is 5.32 Å². The van der Waals surface area contributed by atoms with Gasteiger partial charge in [-0.1, -0.05) is 30.3 Å². The zero-order valence-electron chi connectivity index (χ0n) is 12.5. The molecule has 0 bridgehead atoms. The van der Waals surface area contributed by atoms with E-state index >= 15 is 0 Å². The Hall–Kier alpha value is -2.53. The monoisotopic (exact) mass is 300 g/mol. The number of nitrogens with one attached hydrogen (secondary N) is 2. The highest BCUT2D eigenvalue weighted by atomic mass is 16.5. The Morgan fingerprint density at radius 3 is 2.68 bits per heavy atom. The maximum atomic E-state index is 11.8. The Kier molecular flexibility index (Phi) is 5.80. The number of carbonyl (C=O) groups is 1. The van der Waals surface area contributed by atoms with Gasteiger partial charge in [-0.3, -0.25) is 4.79 Å². The molecule has 1 atom stereocenters. The molecule has 22 heavy (non-hydrogen) atoms. The zero-order valence-corrected chi connectivity index (χ0v) is 12.5. The molecule has 1 amide bonds. The fraction of sp³-hybridized carbons (Fsp3) is 0.235. The van der Waals surface area contributed by atoms with Gasteiger partial charge in [0.15, 0.2) is 0 Å². The van der Waals surface area contributed by atoms with Crippen molar-refractivity contribution in [3.05, 3.63) is 60.2 Å². The lowest BCUT2D eigenvalue weighted by atomic mass is 10.1. The quantitative estimate of drug-likeness (QED) is 0.731. The fourth-order valence-electron chi connectivity index (χ4n) is 1.98. The third-order valence-electron chi connectivity index (χ3n) is 3.20. The summed E-state index contributed by atoms with van der Waals surface area (Å²) >= 11 is 0. The number of aliphatic hydroxyl groups excluding tert-OH is 1. The van der Waals surface area contributed by atoms with E-state index < -0.39 is 6.10 Å². The highest BCUT2D eigenvalue weighted by molar-refractivity contribution is 5.80. The van der Waals surface area contributed by atoms with Gasteiger partial charge in [-0.2, -0.15) is 0 Å². The third-order valence-corrected chi connectivity index (χ3v) is 3.20. The minimum absolute atomic E-state index is 0.155. The predicted molar refractivity (Wildman–Crippen MR) is 85.9 cm³/mol. The molecule has 0 spiro atoms. The normalized spacial score (nSPS) is 11.5. The van der Waals surface area contributed by atoms with Gasteiger partial charge >= 0.3 is 0 Å². The summed E-state index contributed by atoms with van der Waals surface area (Å²) in [5.74, 6) is 0.499. The number of methoxy groups -OCH3 is 1. The molecular formula is C17H20N2O3. The van der Waals surface area contributed by atoms with Crippen LogP contribution in [-0.2, 0) is 4.79 Å². The highest BCUT2D eigenvalue weighted by Crippen LogP contribution is 2.18. The first-order valence-corrected chi connectivity index (χ1v) is 7.06. The van der Waals surface area contributed by atoms with Crippen molar-refractivity contribution in [2.45, 2.75) is 6.10 Å². The largest absolute Gasteiger partial charge is 0.497 e. The molecule has 2 aromatic carbocycles. The lowest BCUT2D eigenvalue weighted by Gasteiger charge is -2.13. The number of aliphatic hydroxyl groups is 1. The van der Waals surface area contributed by atoms with Gasteiger partial charge in [0.1, 0.15) is 5.75 Å². The zero-order chi connectivity index (χ0) is 15.8. The summed E-state index contributed by atoms with van der Waals surface area (Å²) in [4.78, 5) is 11.8. The first-order valence-electron chi connectivity index (χ1n) is 7.06. The minimum Gasteiger partial charge on any atom is -0.497 e. The van der Waals surface area contributed by atoms with Crippen LogP contribution >= 0.6 is 0 Å². The van der Waals surface area contributed by atoms with Gasteiger partial charge in [0.25, 0.3) is 0 Å². The van der Waals surface area contributed by atoms with Gasteiger partial charge < -0.3 is 20.5 Å². The Bertz CT molecular complexity index is 602. The molecule has 0 heterocycles. The second-order valence-electron chi connectivity index (χ2n) is 4.82. The topological polar surface area (TPSA) is 70.6 Å². The highest BCUT2D eigenvalue weighted by Gasteiger charge is 2.10. The van der Waals surface area contributed by atoms with E-state index in [1.807, 2.05) is 30.3 Å². The van der Waals surface area contributed by atoms with Crippen LogP contribution in [0.25, 0.3) is 0 Å². The lowest BCUT2D eigenvalue weighted by molar-refractivity contribution is -0.119. The van der Waals surface area contributed by atoms with Crippen molar-refractivity contribution in [2.75, 3.05) is 25.5 Å². The summed E-state index contributed by atoms with van der Waals surface area (Å²) in [6.45, 7) is 0.317. The molecule has 5 nitrogen and oxygen atoms in total. The second-order valence-corrected chi connectivity index (χ2v) is 4.82. The average molecular weight is 300 g/mol. The molecular weight excluding hydrogens is 280 g/mol. The first kappa shape index (κ1) is 15.9. The number of hydrogen-bond acceptors (Lipinski definition) is 4. The number of amides is 1. The number of rotatable bonds is 7. The Morgan fingerprint density at radius 1 is 1.18 bits per heavy atom. The van der Waals surface area contributed by atoms with Crippen molar-refractivity contribution in [2.24, 2.45) is 0 Å². The Labute approximate surface area is 129 Å². The SMILES string of the molecule is COc1cccc(C(O)CNC(=O)CNc2ccccc2)c1. The number of ether oxygens (including phenoxy) is 1. The van der Waals surface area contributed by atoms with Crippen LogP contribution in [0.15, 0.2) is 54.6 Å². The molecule has 1 unspecified atom stereocenters. The molecule has 3 N–H and O–H groups in total. The van der Waals surface area contributed by atoms with Crippen LogP contribution in [0, 0.1) is 0 Å². The summed E-state index contributed by atoms with van der Waals surface area (Å²) in [5.41, 5.74) is 1.58. The number of benzene rings is 2.